The number of aromatic nitrogens is 2. The summed E-state index contributed by atoms with van der Waals surface area (Å²) in [6.07, 6.45) is 4.72. The molecule has 3 heterocycles. The Hall–Kier alpha value is -1.20. The lowest BCUT2D eigenvalue weighted by Gasteiger charge is -2.27. The Morgan fingerprint density at radius 1 is 1.22 bits per heavy atom. The first-order valence-corrected chi connectivity index (χ1v) is 9.16. The first-order chi connectivity index (χ1) is 11.1. The van der Waals surface area contributed by atoms with E-state index in [2.05, 4.69) is 47.4 Å². The van der Waals surface area contributed by atoms with E-state index in [1.165, 1.54) is 25.0 Å². The number of rotatable bonds is 5. The second kappa shape index (κ2) is 7.58. The minimum absolute atomic E-state index is 0.579. The van der Waals surface area contributed by atoms with E-state index in [9.17, 15) is 0 Å². The van der Waals surface area contributed by atoms with Crippen LogP contribution in [-0.2, 0) is 6.42 Å². The second-order valence-corrected chi connectivity index (χ2v) is 7.52. The zero-order valence-electron chi connectivity index (χ0n) is 14.8. The normalized spacial score (nSPS) is 23.0. The van der Waals surface area contributed by atoms with E-state index >= 15 is 0 Å². The summed E-state index contributed by atoms with van der Waals surface area (Å²) in [6.45, 7) is 11.0. The van der Waals surface area contributed by atoms with Crippen molar-refractivity contribution in [3.8, 4) is 0 Å². The highest BCUT2D eigenvalue weighted by molar-refractivity contribution is 5.34. The summed E-state index contributed by atoms with van der Waals surface area (Å²) in [5.74, 6) is 1.56. The summed E-state index contributed by atoms with van der Waals surface area (Å²) >= 11 is 0. The molecule has 1 aromatic rings. The first kappa shape index (κ1) is 16.7. The highest BCUT2D eigenvalue weighted by Crippen LogP contribution is 2.19. The van der Waals surface area contributed by atoms with Crippen molar-refractivity contribution in [2.45, 2.75) is 58.5 Å². The Bertz CT molecular complexity index is 510. The van der Waals surface area contributed by atoms with E-state index in [0.29, 0.717) is 18.0 Å². The van der Waals surface area contributed by atoms with Gasteiger partial charge in [-0.3, -0.25) is 0 Å². The van der Waals surface area contributed by atoms with Gasteiger partial charge in [0.1, 0.15) is 0 Å². The SMILES string of the molecule is Cc1cc(CC(C)C)nc(N2CC[C@@H](NC3CCNCC3)C2)n1. The average molecular weight is 317 g/mol. The van der Waals surface area contributed by atoms with E-state index in [4.69, 9.17) is 4.98 Å². The van der Waals surface area contributed by atoms with E-state index in [1.54, 1.807) is 0 Å². The minimum Gasteiger partial charge on any atom is -0.339 e. The van der Waals surface area contributed by atoms with Crippen molar-refractivity contribution < 1.29 is 0 Å². The van der Waals surface area contributed by atoms with Crippen LogP contribution >= 0.6 is 0 Å². The van der Waals surface area contributed by atoms with Crippen molar-refractivity contribution in [3.63, 3.8) is 0 Å². The summed E-state index contributed by atoms with van der Waals surface area (Å²) in [4.78, 5) is 11.9. The highest BCUT2D eigenvalue weighted by Gasteiger charge is 2.27. The van der Waals surface area contributed by atoms with Gasteiger partial charge in [0.15, 0.2) is 0 Å². The first-order valence-electron chi connectivity index (χ1n) is 9.16. The van der Waals surface area contributed by atoms with Crippen LogP contribution in [0, 0.1) is 12.8 Å². The van der Waals surface area contributed by atoms with Crippen molar-refractivity contribution in [1.82, 2.24) is 20.6 Å². The van der Waals surface area contributed by atoms with Crippen LogP contribution in [0.4, 0.5) is 5.95 Å². The molecule has 128 valence electrons. The lowest BCUT2D eigenvalue weighted by molar-refractivity contribution is 0.356. The number of hydrogen-bond donors (Lipinski definition) is 2. The van der Waals surface area contributed by atoms with Crippen LogP contribution < -0.4 is 15.5 Å². The number of aryl methyl sites for hydroxylation is 1. The maximum Gasteiger partial charge on any atom is 0.225 e. The van der Waals surface area contributed by atoms with Gasteiger partial charge in [-0.1, -0.05) is 13.8 Å². The van der Waals surface area contributed by atoms with Crippen molar-refractivity contribution in [2.24, 2.45) is 5.92 Å². The van der Waals surface area contributed by atoms with Crippen LogP contribution in [0.1, 0.15) is 44.5 Å². The van der Waals surface area contributed by atoms with Crippen LogP contribution in [-0.4, -0.2) is 48.2 Å². The Balaban J connectivity index is 1.60. The fourth-order valence-electron chi connectivity index (χ4n) is 3.68. The Kier molecular flexibility index (Phi) is 5.49. The summed E-state index contributed by atoms with van der Waals surface area (Å²) < 4.78 is 0. The van der Waals surface area contributed by atoms with Gasteiger partial charge in [-0.2, -0.15) is 0 Å². The van der Waals surface area contributed by atoms with Crippen LogP contribution in [0.3, 0.4) is 0 Å². The van der Waals surface area contributed by atoms with Crippen molar-refractivity contribution in [1.29, 1.82) is 0 Å². The number of nitrogens with zero attached hydrogens (tertiary/aromatic N) is 3. The Morgan fingerprint density at radius 2 is 2.00 bits per heavy atom. The molecule has 3 rings (SSSR count). The molecule has 0 saturated carbocycles. The largest absolute Gasteiger partial charge is 0.339 e. The maximum atomic E-state index is 4.81. The maximum absolute atomic E-state index is 4.81. The molecule has 2 fully saturated rings. The molecule has 2 aliphatic heterocycles. The third-order valence-electron chi connectivity index (χ3n) is 4.79. The fourth-order valence-corrected chi connectivity index (χ4v) is 3.68. The topological polar surface area (TPSA) is 53.1 Å². The molecule has 0 spiro atoms. The summed E-state index contributed by atoms with van der Waals surface area (Å²) in [6, 6.07) is 3.39. The molecular formula is C18H31N5. The Labute approximate surface area is 140 Å². The van der Waals surface area contributed by atoms with Gasteiger partial charge >= 0.3 is 0 Å². The van der Waals surface area contributed by atoms with Crippen molar-refractivity contribution >= 4 is 5.95 Å². The quantitative estimate of drug-likeness (QED) is 0.869. The van der Waals surface area contributed by atoms with Gasteiger partial charge in [0.25, 0.3) is 0 Å². The lowest BCUT2D eigenvalue weighted by Crippen LogP contribution is -2.45. The predicted molar refractivity (Wildman–Crippen MR) is 95.0 cm³/mol. The molecule has 0 aliphatic carbocycles. The Morgan fingerprint density at radius 3 is 2.74 bits per heavy atom. The molecule has 23 heavy (non-hydrogen) atoms. The molecule has 2 saturated heterocycles. The molecule has 0 bridgehead atoms. The predicted octanol–water partition coefficient (Wildman–Crippen LogP) is 1.90. The van der Waals surface area contributed by atoms with Gasteiger partial charge in [0.05, 0.1) is 0 Å². The molecule has 2 N–H and O–H groups in total. The molecule has 2 aliphatic rings. The lowest BCUT2D eigenvalue weighted by atomic mass is 10.1. The van der Waals surface area contributed by atoms with Gasteiger partial charge in [0.2, 0.25) is 5.95 Å². The second-order valence-electron chi connectivity index (χ2n) is 7.52. The molecule has 1 aromatic heterocycles. The van der Waals surface area contributed by atoms with Gasteiger partial charge in [-0.25, -0.2) is 9.97 Å². The van der Waals surface area contributed by atoms with Crippen LogP contribution in [0.5, 0.6) is 0 Å². The highest BCUT2D eigenvalue weighted by atomic mass is 15.3. The number of hydrogen-bond acceptors (Lipinski definition) is 5. The van der Waals surface area contributed by atoms with E-state index in [-0.39, 0.29) is 0 Å². The summed E-state index contributed by atoms with van der Waals surface area (Å²) in [7, 11) is 0. The molecule has 0 radical (unpaired) electrons. The van der Waals surface area contributed by atoms with Gasteiger partial charge in [0, 0.05) is 36.6 Å². The standard InChI is InChI=1S/C18H31N5/c1-13(2)10-17-11-14(3)20-18(22-17)23-9-6-16(12-23)21-15-4-7-19-8-5-15/h11,13,15-16,19,21H,4-10,12H2,1-3H3/t16-/m1/s1. The van der Waals surface area contributed by atoms with Crippen molar-refractivity contribution in [2.75, 3.05) is 31.1 Å². The van der Waals surface area contributed by atoms with Gasteiger partial charge in [-0.15, -0.1) is 0 Å². The summed E-state index contributed by atoms with van der Waals surface area (Å²) in [5, 5.41) is 7.27. The zero-order valence-corrected chi connectivity index (χ0v) is 14.8. The number of anilines is 1. The van der Waals surface area contributed by atoms with E-state index < -0.39 is 0 Å². The van der Waals surface area contributed by atoms with Crippen molar-refractivity contribution in [3.05, 3.63) is 17.5 Å². The molecule has 0 unspecified atom stereocenters. The van der Waals surface area contributed by atoms with Crippen LogP contribution in [0.25, 0.3) is 0 Å². The molecule has 5 nitrogen and oxygen atoms in total. The third-order valence-corrected chi connectivity index (χ3v) is 4.79. The summed E-state index contributed by atoms with van der Waals surface area (Å²) in [5.41, 5.74) is 2.26. The number of piperidine rings is 1. The number of nitrogens with one attached hydrogen (secondary N) is 2. The molecule has 1 atom stereocenters. The zero-order chi connectivity index (χ0) is 16.2. The van der Waals surface area contributed by atoms with E-state index in [0.717, 1.165) is 44.2 Å². The smallest absolute Gasteiger partial charge is 0.225 e. The third kappa shape index (κ3) is 4.64. The molecule has 0 aromatic carbocycles. The van der Waals surface area contributed by atoms with E-state index in [1.807, 2.05) is 0 Å². The minimum atomic E-state index is 0.579. The molecule has 0 amide bonds. The monoisotopic (exact) mass is 317 g/mol. The van der Waals surface area contributed by atoms with Gasteiger partial charge in [-0.05, 0) is 57.7 Å². The fraction of sp³-hybridized carbons (Fsp3) is 0.778. The molecule has 5 heteroatoms. The van der Waals surface area contributed by atoms with Crippen LogP contribution in [0.15, 0.2) is 6.07 Å². The molecular weight excluding hydrogens is 286 g/mol. The van der Waals surface area contributed by atoms with Crippen LogP contribution in [0.2, 0.25) is 0 Å². The average Bonchev–Trinajstić information content (AvgIpc) is 2.95. The van der Waals surface area contributed by atoms with Gasteiger partial charge < -0.3 is 15.5 Å².